The highest BCUT2D eigenvalue weighted by Gasteiger charge is 2.65. The van der Waals surface area contributed by atoms with Crippen LogP contribution >= 0.6 is 11.8 Å². The Bertz CT molecular complexity index is 473. The molecule has 1 amide bonds. The first-order valence-corrected chi connectivity index (χ1v) is 7.15. The van der Waals surface area contributed by atoms with E-state index in [0.29, 0.717) is 0 Å². The third kappa shape index (κ3) is 2.37. The molecule has 2 rings (SSSR count). The summed E-state index contributed by atoms with van der Waals surface area (Å²) in [6, 6.07) is 0. The Morgan fingerprint density at radius 2 is 2.10 bits per heavy atom. The first-order chi connectivity index (χ1) is 9.05. The van der Waals surface area contributed by atoms with Crippen LogP contribution in [0.3, 0.4) is 0 Å². The smallest absolute Gasteiger partial charge is 0.358 e. The predicted molar refractivity (Wildman–Crippen MR) is 69.7 cm³/mol. The molecule has 0 aromatic carbocycles. The number of hydrogen-bond donors (Lipinski definition) is 2. The van der Waals surface area contributed by atoms with Crippen molar-refractivity contribution in [3.8, 4) is 0 Å². The Hall–Kier alpha value is -1.28. The number of nitrogens with zero attached hydrogens (tertiary/aromatic N) is 1. The lowest BCUT2D eigenvalue weighted by Gasteiger charge is -2.40. The maximum absolute atomic E-state index is 11.8. The van der Waals surface area contributed by atoms with Crippen LogP contribution in [0, 0.1) is 0 Å². The summed E-state index contributed by atoms with van der Waals surface area (Å²) in [5, 5.41) is 18.2. The van der Waals surface area contributed by atoms with Crippen LogP contribution in [-0.4, -0.2) is 54.9 Å². The second-order valence-corrected chi connectivity index (χ2v) is 7.25. The molecule has 0 spiro atoms. The lowest BCUT2D eigenvalue weighted by Crippen LogP contribution is -2.65. The molecule has 8 heteroatoms. The molecule has 0 bridgehead atoms. The molecule has 2 saturated heterocycles. The number of amides is 1. The highest BCUT2D eigenvalue weighted by molar-refractivity contribution is 8.01. The number of fused-ring (bicyclic) bond motifs is 1. The van der Waals surface area contributed by atoms with Gasteiger partial charge >= 0.3 is 11.9 Å². The van der Waals surface area contributed by atoms with Gasteiger partial charge < -0.3 is 14.9 Å². The number of rotatable bonds is 3. The molecule has 2 fully saturated rings. The van der Waals surface area contributed by atoms with E-state index in [4.69, 9.17) is 4.74 Å². The van der Waals surface area contributed by atoms with Gasteiger partial charge in [-0.25, -0.2) is 4.79 Å². The van der Waals surface area contributed by atoms with E-state index in [1.54, 1.807) is 20.8 Å². The molecule has 0 aliphatic carbocycles. The molecule has 20 heavy (non-hydrogen) atoms. The van der Waals surface area contributed by atoms with Gasteiger partial charge in [-0.1, -0.05) is 0 Å². The van der Waals surface area contributed by atoms with Crippen LogP contribution in [0.4, 0.5) is 0 Å². The van der Waals surface area contributed by atoms with Gasteiger partial charge in [-0.3, -0.25) is 14.5 Å². The summed E-state index contributed by atoms with van der Waals surface area (Å²) in [4.78, 5) is 35.5. The van der Waals surface area contributed by atoms with Gasteiger partial charge in [0.15, 0.2) is 0 Å². The minimum atomic E-state index is -2.33. The molecular weight excluding hydrogens is 286 g/mol. The monoisotopic (exact) mass is 303 g/mol. The van der Waals surface area contributed by atoms with Gasteiger partial charge in [-0.2, -0.15) is 0 Å². The number of β-lactam (4-membered cyclic amide) rings is 1. The van der Waals surface area contributed by atoms with Crippen LogP contribution in [0.25, 0.3) is 0 Å². The molecule has 3 unspecified atom stereocenters. The topological polar surface area (TPSA) is 104 Å². The van der Waals surface area contributed by atoms with Gasteiger partial charge in [-0.05, 0) is 20.8 Å². The zero-order valence-corrected chi connectivity index (χ0v) is 12.3. The molecule has 2 N–H and O–H groups in total. The molecular formula is C12H17NO6S. The van der Waals surface area contributed by atoms with E-state index in [9.17, 15) is 24.6 Å². The van der Waals surface area contributed by atoms with Crippen molar-refractivity contribution in [1.29, 1.82) is 0 Å². The largest absolute Gasteiger partial charge is 0.478 e. The first kappa shape index (κ1) is 15.1. The van der Waals surface area contributed by atoms with Crippen molar-refractivity contribution in [2.75, 3.05) is 0 Å². The molecule has 3 atom stereocenters. The Labute approximate surface area is 120 Å². The molecule has 2 aliphatic rings. The van der Waals surface area contributed by atoms with E-state index < -0.39 is 34.4 Å². The summed E-state index contributed by atoms with van der Waals surface area (Å²) in [5.41, 5.74) is -3.02. The summed E-state index contributed by atoms with van der Waals surface area (Å²) in [5.74, 6) is -2.53. The number of hydrogen-bond acceptors (Lipinski definition) is 6. The van der Waals surface area contributed by atoms with E-state index in [2.05, 4.69) is 0 Å². The Morgan fingerprint density at radius 3 is 2.55 bits per heavy atom. The predicted octanol–water partition coefficient (Wildman–Crippen LogP) is 0.165. The summed E-state index contributed by atoms with van der Waals surface area (Å²) in [6.07, 6.45) is -0.0733. The fraction of sp³-hybridized carbons (Fsp3) is 0.750. The number of esters is 1. The van der Waals surface area contributed by atoms with Crippen LogP contribution in [-0.2, 0) is 19.1 Å². The van der Waals surface area contributed by atoms with Gasteiger partial charge in [0.1, 0.15) is 5.60 Å². The quantitative estimate of drug-likeness (QED) is 0.565. The van der Waals surface area contributed by atoms with Crippen molar-refractivity contribution in [2.45, 2.75) is 55.6 Å². The van der Waals surface area contributed by atoms with Crippen LogP contribution < -0.4 is 0 Å². The van der Waals surface area contributed by atoms with E-state index in [-0.39, 0.29) is 18.2 Å². The minimum Gasteiger partial charge on any atom is -0.478 e. The van der Waals surface area contributed by atoms with Crippen LogP contribution in [0.1, 0.15) is 33.6 Å². The van der Waals surface area contributed by atoms with E-state index >= 15 is 0 Å². The molecule has 2 aliphatic heterocycles. The van der Waals surface area contributed by atoms with Gasteiger partial charge in [0, 0.05) is 0 Å². The summed E-state index contributed by atoms with van der Waals surface area (Å²) < 4.78 is 5.13. The molecule has 112 valence electrons. The lowest BCUT2D eigenvalue weighted by molar-refractivity contribution is -0.197. The number of aliphatic hydroxyl groups is 1. The number of thioether (sulfide) groups is 1. The number of carbonyl (C=O) groups is 3. The van der Waals surface area contributed by atoms with Crippen LogP contribution in [0.15, 0.2) is 0 Å². The zero-order valence-electron chi connectivity index (χ0n) is 11.5. The van der Waals surface area contributed by atoms with Gasteiger partial charge in [-0.15, -0.1) is 11.8 Å². The lowest BCUT2D eigenvalue weighted by atomic mass is 10.00. The highest BCUT2D eigenvalue weighted by Crippen LogP contribution is 2.50. The third-order valence-electron chi connectivity index (χ3n) is 3.13. The first-order valence-electron chi connectivity index (χ1n) is 6.21. The van der Waals surface area contributed by atoms with Crippen molar-refractivity contribution in [2.24, 2.45) is 0 Å². The fourth-order valence-corrected chi connectivity index (χ4v) is 3.97. The van der Waals surface area contributed by atoms with Crippen molar-refractivity contribution in [1.82, 2.24) is 4.90 Å². The Balaban J connectivity index is 2.13. The number of carboxylic acid groups (broad SMARTS) is 1. The average molecular weight is 303 g/mol. The number of carbonyl (C=O) groups excluding carboxylic acids is 2. The SMILES string of the molecule is CC(C)(C)OC(=O)CC1SC2CC(=O)N2C1(O)C(=O)O. The molecule has 2 heterocycles. The van der Waals surface area contributed by atoms with Gasteiger partial charge in [0.05, 0.1) is 23.5 Å². The maximum Gasteiger partial charge on any atom is 0.358 e. The van der Waals surface area contributed by atoms with E-state index in [0.717, 1.165) is 16.7 Å². The second-order valence-electron chi connectivity index (χ2n) is 5.87. The standard InChI is InChI=1S/C12H17NO6S/c1-11(2,3)19-9(15)4-6-12(18,10(16)17)13-7(14)5-8(13)20-6/h6,8,18H,4-5H2,1-3H3,(H,16,17). The highest BCUT2D eigenvalue weighted by atomic mass is 32.2. The summed E-state index contributed by atoms with van der Waals surface area (Å²) in [6.45, 7) is 5.10. The fourth-order valence-electron chi connectivity index (χ4n) is 2.31. The molecule has 0 aromatic heterocycles. The normalized spacial score (nSPS) is 32.6. The Kier molecular flexibility index (Phi) is 3.50. The van der Waals surface area contributed by atoms with Gasteiger partial charge in [0.2, 0.25) is 5.91 Å². The Morgan fingerprint density at radius 1 is 1.50 bits per heavy atom. The molecule has 7 nitrogen and oxygen atoms in total. The van der Waals surface area contributed by atoms with E-state index in [1.165, 1.54) is 0 Å². The maximum atomic E-state index is 11.8. The van der Waals surface area contributed by atoms with Crippen molar-refractivity contribution in [3.05, 3.63) is 0 Å². The number of aliphatic carboxylic acids is 1. The van der Waals surface area contributed by atoms with Crippen LogP contribution in [0.5, 0.6) is 0 Å². The molecule has 0 aromatic rings. The average Bonchev–Trinajstić information content (AvgIpc) is 2.44. The number of carboxylic acids is 1. The summed E-state index contributed by atoms with van der Waals surface area (Å²) >= 11 is 1.13. The number of ether oxygens (including phenoxy) is 1. The summed E-state index contributed by atoms with van der Waals surface area (Å²) in [7, 11) is 0. The van der Waals surface area contributed by atoms with Crippen molar-refractivity contribution in [3.63, 3.8) is 0 Å². The minimum absolute atomic E-state index is 0.186. The van der Waals surface area contributed by atoms with Gasteiger partial charge in [0.25, 0.3) is 5.72 Å². The zero-order chi connectivity index (χ0) is 15.3. The molecule has 0 saturated carbocycles. The third-order valence-corrected chi connectivity index (χ3v) is 4.65. The molecule has 0 radical (unpaired) electrons. The second kappa shape index (κ2) is 4.63. The van der Waals surface area contributed by atoms with Crippen molar-refractivity contribution >= 4 is 29.6 Å². The van der Waals surface area contributed by atoms with Crippen molar-refractivity contribution < 1.29 is 29.3 Å². The van der Waals surface area contributed by atoms with E-state index in [1.807, 2.05) is 0 Å². The van der Waals surface area contributed by atoms with Crippen LogP contribution in [0.2, 0.25) is 0 Å².